The molecule has 6 nitrogen and oxygen atoms in total. The predicted molar refractivity (Wildman–Crippen MR) is 135 cm³/mol. The standard InChI is InChI=1S/C26H26BrN5O/c1-17-7-2-5-12-21(17)23-14-24(32-25(31-23)22(27)16-29-32)28-15-18-8-6-11-20(13-18)30-26(33)19-9-3-4-10-19/h2,5-8,11-14,16,19,28H,3-4,9-10,15H2,1H3,(H,30,33). The van der Waals surface area contributed by atoms with E-state index in [4.69, 9.17) is 4.98 Å². The summed E-state index contributed by atoms with van der Waals surface area (Å²) in [6.45, 7) is 2.68. The summed E-state index contributed by atoms with van der Waals surface area (Å²) < 4.78 is 2.65. The van der Waals surface area contributed by atoms with Crippen molar-refractivity contribution in [3.8, 4) is 11.3 Å². The number of aryl methyl sites for hydroxylation is 1. The van der Waals surface area contributed by atoms with E-state index in [1.807, 2.05) is 36.4 Å². The number of anilines is 2. The molecule has 0 spiro atoms. The highest BCUT2D eigenvalue weighted by molar-refractivity contribution is 9.10. The molecule has 0 bridgehead atoms. The van der Waals surface area contributed by atoms with E-state index < -0.39 is 0 Å². The van der Waals surface area contributed by atoms with Gasteiger partial charge in [0.2, 0.25) is 5.91 Å². The minimum Gasteiger partial charge on any atom is -0.366 e. The molecule has 0 atom stereocenters. The van der Waals surface area contributed by atoms with E-state index in [1.165, 1.54) is 5.56 Å². The van der Waals surface area contributed by atoms with Crippen LogP contribution >= 0.6 is 15.9 Å². The van der Waals surface area contributed by atoms with Gasteiger partial charge in [-0.15, -0.1) is 0 Å². The number of carbonyl (C=O) groups is 1. The van der Waals surface area contributed by atoms with Crippen LogP contribution < -0.4 is 10.6 Å². The van der Waals surface area contributed by atoms with Gasteiger partial charge in [-0.3, -0.25) is 4.79 Å². The second-order valence-corrected chi connectivity index (χ2v) is 9.45. The first kappa shape index (κ1) is 21.6. The van der Waals surface area contributed by atoms with Gasteiger partial charge in [0, 0.05) is 29.8 Å². The molecule has 1 amide bonds. The Morgan fingerprint density at radius 2 is 1.94 bits per heavy atom. The summed E-state index contributed by atoms with van der Waals surface area (Å²) in [5.74, 6) is 1.14. The zero-order valence-electron chi connectivity index (χ0n) is 18.5. The smallest absolute Gasteiger partial charge is 0.227 e. The largest absolute Gasteiger partial charge is 0.366 e. The number of amides is 1. The molecule has 2 aromatic heterocycles. The SMILES string of the molecule is Cc1ccccc1-c1cc(NCc2cccc(NC(=O)C3CCCC3)c2)n2ncc(Br)c2n1. The van der Waals surface area contributed by atoms with Gasteiger partial charge in [-0.1, -0.05) is 49.2 Å². The number of fused-ring (bicyclic) bond motifs is 1. The summed E-state index contributed by atoms with van der Waals surface area (Å²) in [6.07, 6.45) is 6.04. The minimum absolute atomic E-state index is 0.137. The third-order valence-corrected chi connectivity index (χ3v) is 6.80. The Balaban J connectivity index is 1.38. The first-order valence-corrected chi connectivity index (χ1v) is 12.1. The highest BCUT2D eigenvalue weighted by Crippen LogP contribution is 2.29. The van der Waals surface area contributed by atoms with E-state index in [-0.39, 0.29) is 11.8 Å². The summed E-state index contributed by atoms with van der Waals surface area (Å²) in [5.41, 5.74) is 5.83. The number of benzene rings is 2. The molecule has 0 radical (unpaired) electrons. The van der Waals surface area contributed by atoms with Crippen LogP contribution in [0, 0.1) is 12.8 Å². The van der Waals surface area contributed by atoms with E-state index in [2.05, 4.69) is 56.8 Å². The molecule has 0 saturated heterocycles. The molecule has 5 rings (SSSR count). The third kappa shape index (κ3) is 4.64. The van der Waals surface area contributed by atoms with Gasteiger partial charge >= 0.3 is 0 Å². The van der Waals surface area contributed by atoms with E-state index in [0.29, 0.717) is 6.54 Å². The molecular formula is C26H26BrN5O. The number of nitrogens with zero attached hydrogens (tertiary/aromatic N) is 3. The van der Waals surface area contributed by atoms with Gasteiger partial charge in [-0.25, -0.2) is 4.98 Å². The van der Waals surface area contributed by atoms with Crippen molar-refractivity contribution in [1.29, 1.82) is 0 Å². The van der Waals surface area contributed by atoms with Crippen LogP contribution in [0.25, 0.3) is 16.9 Å². The number of rotatable bonds is 6. The van der Waals surface area contributed by atoms with Crippen LogP contribution in [0.15, 0.2) is 65.3 Å². The fourth-order valence-corrected chi connectivity index (χ4v) is 4.79. The lowest BCUT2D eigenvalue weighted by Crippen LogP contribution is -2.20. The van der Waals surface area contributed by atoms with E-state index in [9.17, 15) is 4.79 Å². The van der Waals surface area contributed by atoms with E-state index in [0.717, 1.165) is 64.1 Å². The van der Waals surface area contributed by atoms with Gasteiger partial charge in [0.1, 0.15) is 5.82 Å². The Hall–Kier alpha value is -3.19. The summed E-state index contributed by atoms with van der Waals surface area (Å²) in [5, 5.41) is 11.1. The van der Waals surface area contributed by atoms with Crippen LogP contribution in [-0.4, -0.2) is 20.5 Å². The van der Waals surface area contributed by atoms with Crippen molar-refractivity contribution in [3.05, 3.63) is 76.4 Å². The molecule has 0 unspecified atom stereocenters. The zero-order chi connectivity index (χ0) is 22.8. The van der Waals surface area contributed by atoms with Crippen LogP contribution in [0.3, 0.4) is 0 Å². The van der Waals surface area contributed by atoms with Crippen LogP contribution in [0.4, 0.5) is 11.5 Å². The molecule has 2 aromatic carbocycles. The monoisotopic (exact) mass is 503 g/mol. The molecule has 1 saturated carbocycles. The van der Waals surface area contributed by atoms with Crippen LogP contribution in [0.2, 0.25) is 0 Å². The summed E-state index contributed by atoms with van der Waals surface area (Å²) in [6, 6.07) is 18.3. The molecule has 1 aliphatic rings. The first-order chi connectivity index (χ1) is 16.1. The Morgan fingerprint density at radius 3 is 2.76 bits per heavy atom. The van der Waals surface area contributed by atoms with Crippen molar-refractivity contribution < 1.29 is 4.79 Å². The lowest BCUT2D eigenvalue weighted by Gasteiger charge is -2.14. The first-order valence-electron chi connectivity index (χ1n) is 11.3. The summed E-state index contributed by atoms with van der Waals surface area (Å²) >= 11 is 3.57. The Bertz CT molecular complexity index is 1310. The molecule has 0 aliphatic heterocycles. The Kier molecular flexibility index (Phi) is 6.13. The van der Waals surface area contributed by atoms with Gasteiger partial charge < -0.3 is 10.6 Å². The number of carbonyl (C=O) groups excluding carboxylic acids is 1. The minimum atomic E-state index is 0.137. The maximum Gasteiger partial charge on any atom is 0.227 e. The van der Waals surface area contributed by atoms with Gasteiger partial charge in [0.15, 0.2) is 5.65 Å². The molecule has 2 heterocycles. The summed E-state index contributed by atoms with van der Waals surface area (Å²) in [4.78, 5) is 17.3. The molecule has 168 valence electrons. The third-order valence-electron chi connectivity index (χ3n) is 6.24. The molecule has 1 fully saturated rings. The van der Waals surface area contributed by atoms with Gasteiger partial charge in [-0.05, 0) is 59.0 Å². The van der Waals surface area contributed by atoms with Crippen LogP contribution in [0.5, 0.6) is 0 Å². The molecular weight excluding hydrogens is 478 g/mol. The topological polar surface area (TPSA) is 71.3 Å². The normalized spacial score (nSPS) is 14.0. The fraction of sp³-hybridized carbons (Fsp3) is 0.269. The highest BCUT2D eigenvalue weighted by atomic mass is 79.9. The molecule has 1 aliphatic carbocycles. The molecule has 4 aromatic rings. The molecule has 33 heavy (non-hydrogen) atoms. The van der Waals surface area contributed by atoms with Crippen molar-refractivity contribution in [2.45, 2.75) is 39.2 Å². The number of nitrogens with one attached hydrogen (secondary N) is 2. The average molecular weight is 504 g/mol. The van der Waals surface area contributed by atoms with Crippen LogP contribution in [0.1, 0.15) is 36.8 Å². The van der Waals surface area contributed by atoms with E-state index >= 15 is 0 Å². The van der Waals surface area contributed by atoms with Crippen molar-refractivity contribution in [2.24, 2.45) is 5.92 Å². The average Bonchev–Trinajstić information content (AvgIpc) is 3.49. The number of hydrogen-bond acceptors (Lipinski definition) is 4. The van der Waals surface area contributed by atoms with Gasteiger partial charge in [0.25, 0.3) is 0 Å². The van der Waals surface area contributed by atoms with Gasteiger partial charge in [0.05, 0.1) is 16.4 Å². The van der Waals surface area contributed by atoms with Crippen LogP contribution in [-0.2, 0) is 11.3 Å². The second kappa shape index (κ2) is 9.35. The van der Waals surface area contributed by atoms with Crippen molar-refractivity contribution >= 4 is 39.0 Å². The maximum absolute atomic E-state index is 12.5. The van der Waals surface area contributed by atoms with Crippen molar-refractivity contribution in [1.82, 2.24) is 14.6 Å². The lowest BCUT2D eigenvalue weighted by molar-refractivity contribution is -0.119. The van der Waals surface area contributed by atoms with Gasteiger partial charge in [-0.2, -0.15) is 9.61 Å². The quantitative estimate of drug-likeness (QED) is 0.328. The predicted octanol–water partition coefficient (Wildman–Crippen LogP) is 6.21. The highest BCUT2D eigenvalue weighted by Gasteiger charge is 2.22. The van der Waals surface area contributed by atoms with Crippen molar-refractivity contribution in [2.75, 3.05) is 10.6 Å². The Morgan fingerprint density at radius 1 is 1.12 bits per heavy atom. The van der Waals surface area contributed by atoms with Crippen molar-refractivity contribution in [3.63, 3.8) is 0 Å². The fourth-order valence-electron chi connectivity index (χ4n) is 4.44. The number of aromatic nitrogens is 3. The lowest BCUT2D eigenvalue weighted by atomic mass is 10.1. The molecule has 2 N–H and O–H groups in total. The second-order valence-electron chi connectivity index (χ2n) is 8.59. The Labute approximate surface area is 201 Å². The number of hydrogen-bond donors (Lipinski definition) is 2. The summed E-state index contributed by atoms with van der Waals surface area (Å²) in [7, 11) is 0. The number of halogens is 1. The van der Waals surface area contributed by atoms with E-state index in [1.54, 1.807) is 10.7 Å². The molecule has 7 heteroatoms. The zero-order valence-corrected chi connectivity index (χ0v) is 20.1. The maximum atomic E-state index is 12.5.